The maximum Gasteiger partial charge on any atom is 0.220 e. The second kappa shape index (κ2) is 55.2. The normalized spacial score (nSPS) is 19.6. The van der Waals surface area contributed by atoms with Crippen molar-refractivity contribution in [1.82, 2.24) is 5.32 Å². The van der Waals surface area contributed by atoms with Crippen LogP contribution in [0.4, 0.5) is 0 Å². The molecule has 1 fully saturated rings. The van der Waals surface area contributed by atoms with Gasteiger partial charge in [0.15, 0.2) is 6.29 Å². The lowest BCUT2D eigenvalue weighted by Gasteiger charge is -2.40. The molecule has 0 bridgehead atoms. The van der Waals surface area contributed by atoms with E-state index in [0.29, 0.717) is 6.42 Å². The van der Waals surface area contributed by atoms with Crippen LogP contribution >= 0.6 is 0 Å². The number of amides is 1. The smallest absolute Gasteiger partial charge is 0.220 e. The highest BCUT2D eigenvalue weighted by molar-refractivity contribution is 5.76. The van der Waals surface area contributed by atoms with Crippen molar-refractivity contribution in [3.63, 3.8) is 0 Å². The van der Waals surface area contributed by atoms with E-state index in [9.17, 15) is 30.3 Å². The molecule has 1 heterocycles. The van der Waals surface area contributed by atoms with Crippen LogP contribution in [0.25, 0.3) is 0 Å². The minimum Gasteiger partial charge on any atom is -0.394 e. The van der Waals surface area contributed by atoms with Crippen LogP contribution < -0.4 is 5.32 Å². The van der Waals surface area contributed by atoms with E-state index in [4.69, 9.17) is 9.47 Å². The third-order valence-corrected chi connectivity index (χ3v) is 14.1. The highest BCUT2D eigenvalue weighted by Gasteiger charge is 2.44. The average Bonchev–Trinajstić information content (AvgIpc) is 3.42. The molecule has 9 nitrogen and oxygen atoms in total. The number of allylic oxidation sites excluding steroid dienone is 17. The molecule has 7 atom stereocenters. The fourth-order valence-electron chi connectivity index (χ4n) is 9.23. The summed E-state index contributed by atoms with van der Waals surface area (Å²) < 4.78 is 11.3. The van der Waals surface area contributed by atoms with E-state index in [-0.39, 0.29) is 12.5 Å². The van der Waals surface area contributed by atoms with Crippen LogP contribution in [-0.2, 0) is 14.3 Å². The summed E-state index contributed by atoms with van der Waals surface area (Å²) in [6.45, 7) is 3.67. The molecule has 1 aliphatic heterocycles. The lowest BCUT2D eigenvalue weighted by molar-refractivity contribution is -0.302. The molecule has 1 amide bonds. The Balaban J connectivity index is 2.24. The number of carbonyl (C=O) groups excluding carboxylic acids is 1. The van der Waals surface area contributed by atoms with Crippen LogP contribution in [0, 0.1) is 0 Å². The maximum absolute atomic E-state index is 13.1. The molecule has 436 valence electrons. The van der Waals surface area contributed by atoms with Gasteiger partial charge in [-0.3, -0.25) is 4.79 Å². The molecule has 0 aliphatic carbocycles. The number of rotatable bonds is 52. The van der Waals surface area contributed by atoms with Gasteiger partial charge in [-0.2, -0.15) is 0 Å². The highest BCUT2D eigenvalue weighted by Crippen LogP contribution is 2.23. The molecule has 1 rings (SSSR count). The van der Waals surface area contributed by atoms with E-state index < -0.39 is 49.5 Å². The molecule has 0 aromatic carbocycles. The number of hydrogen-bond acceptors (Lipinski definition) is 8. The number of carbonyl (C=O) groups is 1. The third kappa shape index (κ3) is 43.8. The monoisotopic (exact) mass is 1060 g/mol. The second-order valence-electron chi connectivity index (χ2n) is 21.1. The van der Waals surface area contributed by atoms with Crippen molar-refractivity contribution in [3.8, 4) is 0 Å². The SMILES string of the molecule is CC/C=C\C/C=C\C/C=C\C/C=C\C/C=C\C/C=C\C/C=C\C/C=C\CCCCCCCCC(=O)NC(COC1OC(CO)C(O)C(O)C1O)C(O)/C=C/CCCCCCCCCCCCCCCCCCCCCC. The minimum absolute atomic E-state index is 0.194. The summed E-state index contributed by atoms with van der Waals surface area (Å²) >= 11 is 0. The molecule has 0 saturated carbocycles. The Morgan fingerprint density at radius 2 is 0.816 bits per heavy atom. The van der Waals surface area contributed by atoms with Crippen molar-refractivity contribution in [2.45, 2.75) is 294 Å². The van der Waals surface area contributed by atoms with Crippen LogP contribution in [0.5, 0.6) is 0 Å². The maximum atomic E-state index is 13.1. The third-order valence-electron chi connectivity index (χ3n) is 14.1. The second-order valence-corrected chi connectivity index (χ2v) is 21.1. The van der Waals surface area contributed by atoms with E-state index in [2.05, 4.69) is 116 Å². The Labute approximate surface area is 466 Å². The van der Waals surface area contributed by atoms with Gasteiger partial charge >= 0.3 is 0 Å². The van der Waals surface area contributed by atoms with E-state index in [0.717, 1.165) is 116 Å². The molecule has 0 radical (unpaired) electrons. The lowest BCUT2D eigenvalue weighted by Crippen LogP contribution is -2.60. The van der Waals surface area contributed by atoms with Gasteiger partial charge in [-0.15, -0.1) is 0 Å². The Morgan fingerprint density at radius 1 is 0.461 bits per heavy atom. The molecule has 7 unspecified atom stereocenters. The van der Waals surface area contributed by atoms with Crippen molar-refractivity contribution in [2.24, 2.45) is 0 Å². The van der Waals surface area contributed by atoms with Gasteiger partial charge in [-0.05, 0) is 83.5 Å². The molecular weight excluding hydrogens is 947 g/mol. The van der Waals surface area contributed by atoms with Crippen molar-refractivity contribution in [2.75, 3.05) is 13.2 Å². The summed E-state index contributed by atoms with van der Waals surface area (Å²) in [7, 11) is 0. The molecule has 76 heavy (non-hydrogen) atoms. The molecule has 6 N–H and O–H groups in total. The highest BCUT2D eigenvalue weighted by atomic mass is 16.7. The number of aliphatic hydroxyl groups is 5. The van der Waals surface area contributed by atoms with Gasteiger partial charge in [0.25, 0.3) is 0 Å². The Morgan fingerprint density at radius 3 is 1.21 bits per heavy atom. The van der Waals surface area contributed by atoms with Crippen LogP contribution in [0.2, 0.25) is 0 Å². The summed E-state index contributed by atoms with van der Waals surface area (Å²) in [6.07, 6.45) is 74.4. The van der Waals surface area contributed by atoms with E-state index in [1.54, 1.807) is 6.08 Å². The van der Waals surface area contributed by atoms with Gasteiger partial charge in [0.2, 0.25) is 5.91 Å². The number of nitrogens with one attached hydrogen (secondary N) is 1. The molecule has 0 aromatic rings. The Bertz CT molecular complexity index is 1560. The first-order valence-electron chi connectivity index (χ1n) is 31.1. The standard InChI is InChI=1S/C67H115NO8/c1-3-5-7-9-11-13-15-17-19-21-23-25-27-28-29-30-31-32-33-34-35-37-39-41-43-45-47-49-51-53-55-57-63(71)68-60(59-75-67-66(74)65(73)64(72)62(58-69)76-67)61(70)56-54-52-50-48-46-44-42-40-38-36-26-24-22-20-18-16-14-12-10-8-6-4-2/h5,7,11,13,17,19,23,25,28-29,31-32,34-35,39,41,54,56,60-62,64-67,69-70,72-74H,3-4,6,8-10,12,14-16,18,20-22,24,26-27,30,33,36-38,40,42-53,55,57-59H2,1-2H3,(H,68,71)/b7-5-,13-11-,19-17-,25-23-,29-28-,32-31-,35-34-,41-39-,56-54+. The van der Waals surface area contributed by atoms with Gasteiger partial charge in [0, 0.05) is 6.42 Å². The zero-order valence-electron chi connectivity index (χ0n) is 48.5. The summed E-state index contributed by atoms with van der Waals surface area (Å²) in [5.74, 6) is -0.194. The van der Waals surface area contributed by atoms with Crippen molar-refractivity contribution < 1.29 is 39.8 Å². The first-order chi connectivity index (χ1) is 37.3. The van der Waals surface area contributed by atoms with Crippen LogP contribution in [0.1, 0.15) is 251 Å². The number of hydrogen-bond donors (Lipinski definition) is 6. The molecule has 1 saturated heterocycles. The molecule has 0 spiro atoms. The molecule has 1 aliphatic rings. The van der Waals surface area contributed by atoms with Crippen LogP contribution in [-0.4, -0.2) is 87.5 Å². The van der Waals surface area contributed by atoms with E-state index in [1.165, 1.54) is 116 Å². The van der Waals surface area contributed by atoms with Crippen LogP contribution in [0.15, 0.2) is 109 Å². The van der Waals surface area contributed by atoms with Gasteiger partial charge in [-0.1, -0.05) is 271 Å². The van der Waals surface area contributed by atoms with E-state index in [1.807, 2.05) is 6.08 Å². The zero-order valence-corrected chi connectivity index (χ0v) is 48.5. The summed E-state index contributed by atoms with van der Waals surface area (Å²) in [5.41, 5.74) is 0. The number of aliphatic hydroxyl groups excluding tert-OH is 5. The first kappa shape index (κ1) is 70.9. The van der Waals surface area contributed by atoms with Crippen molar-refractivity contribution >= 4 is 5.91 Å². The Hall–Kier alpha value is -3.15. The summed E-state index contributed by atoms with van der Waals surface area (Å²) in [4.78, 5) is 13.1. The quantitative estimate of drug-likeness (QED) is 0.0261. The number of unbranched alkanes of at least 4 members (excludes halogenated alkanes) is 26. The molecule has 0 aromatic heterocycles. The fraction of sp³-hybridized carbons (Fsp3) is 0.716. The molecule has 9 heteroatoms. The molecular formula is C67H115NO8. The van der Waals surface area contributed by atoms with Gasteiger partial charge in [0.1, 0.15) is 24.4 Å². The lowest BCUT2D eigenvalue weighted by atomic mass is 9.99. The van der Waals surface area contributed by atoms with E-state index >= 15 is 0 Å². The van der Waals surface area contributed by atoms with Gasteiger partial charge < -0.3 is 40.3 Å². The first-order valence-corrected chi connectivity index (χ1v) is 31.1. The minimum atomic E-state index is -1.58. The largest absolute Gasteiger partial charge is 0.394 e. The summed E-state index contributed by atoms with van der Waals surface area (Å²) in [6, 6.07) is -0.822. The van der Waals surface area contributed by atoms with Crippen LogP contribution in [0.3, 0.4) is 0 Å². The van der Waals surface area contributed by atoms with Crippen molar-refractivity contribution in [1.29, 1.82) is 0 Å². The topological polar surface area (TPSA) is 149 Å². The fourth-order valence-corrected chi connectivity index (χ4v) is 9.23. The van der Waals surface area contributed by atoms with Crippen molar-refractivity contribution in [3.05, 3.63) is 109 Å². The zero-order chi connectivity index (χ0) is 55.0. The average molecular weight is 1060 g/mol. The predicted octanol–water partition coefficient (Wildman–Crippen LogP) is 16.1. The van der Waals surface area contributed by atoms with Gasteiger partial charge in [0.05, 0.1) is 25.4 Å². The van der Waals surface area contributed by atoms with Gasteiger partial charge in [-0.25, -0.2) is 0 Å². The number of ether oxygens (including phenoxy) is 2. The Kier molecular flexibility index (Phi) is 51.4. The summed E-state index contributed by atoms with van der Waals surface area (Å²) in [5, 5.41) is 54.6. The predicted molar refractivity (Wildman–Crippen MR) is 322 cm³/mol.